The number of aromatic nitrogens is 1. The van der Waals surface area contributed by atoms with Crippen molar-refractivity contribution < 1.29 is 9.84 Å². The van der Waals surface area contributed by atoms with Gasteiger partial charge < -0.3 is 9.84 Å². The van der Waals surface area contributed by atoms with Crippen LogP contribution in [0.5, 0.6) is 5.75 Å². The van der Waals surface area contributed by atoms with Gasteiger partial charge in [-0.05, 0) is 49.7 Å². The first-order valence-electron chi connectivity index (χ1n) is 8.02. The molecule has 1 N–H and O–H groups in total. The maximum Gasteiger partial charge on any atom is 0.119 e. The summed E-state index contributed by atoms with van der Waals surface area (Å²) >= 11 is 0. The van der Waals surface area contributed by atoms with Crippen LogP contribution < -0.4 is 4.74 Å². The lowest BCUT2D eigenvalue weighted by Gasteiger charge is -2.28. The second-order valence-corrected chi connectivity index (χ2v) is 5.99. The third-order valence-corrected chi connectivity index (χ3v) is 3.71. The van der Waals surface area contributed by atoms with E-state index < -0.39 is 6.10 Å². The number of rotatable bonds is 8. The Balaban J connectivity index is 1.85. The van der Waals surface area contributed by atoms with E-state index >= 15 is 0 Å². The molecule has 0 bridgehead atoms. The molecule has 0 aliphatic carbocycles. The van der Waals surface area contributed by atoms with Crippen molar-refractivity contribution in [2.24, 2.45) is 0 Å². The van der Waals surface area contributed by atoms with Gasteiger partial charge in [0.05, 0.1) is 11.6 Å². The van der Waals surface area contributed by atoms with Crippen LogP contribution in [-0.4, -0.2) is 40.3 Å². The van der Waals surface area contributed by atoms with Gasteiger partial charge in [-0.25, -0.2) is 0 Å². The summed E-state index contributed by atoms with van der Waals surface area (Å²) < 4.78 is 5.60. The molecular weight excluding hydrogens is 302 g/mol. The van der Waals surface area contributed by atoms with Crippen LogP contribution in [0.25, 0.3) is 0 Å². The summed E-state index contributed by atoms with van der Waals surface area (Å²) in [6.07, 6.45) is 3.00. The largest absolute Gasteiger partial charge is 0.491 e. The predicted molar refractivity (Wildman–Crippen MR) is 92.4 cm³/mol. The Morgan fingerprint density at radius 3 is 2.58 bits per heavy atom. The van der Waals surface area contributed by atoms with E-state index in [4.69, 9.17) is 10.00 Å². The number of nitriles is 1. The summed E-state index contributed by atoms with van der Waals surface area (Å²) in [5, 5.41) is 19.1. The average Bonchev–Trinajstić information content (AvgIpc) is 2.60. The minimum Gasteiger partial charge on any atom is -0.491 e. The molecule has 1 aromatic carbocycles. The van der Waals surface area contributed by atoms with E-state index in [0.717, 1.165) is 12.1 Å². The first kappa shape index (κ1) is 17.9. The summed E-state index contributed by atoms with van der Waals surface area (Å²) in [7, 11) is 0. The lowest BCUT2D eigenvalue weighted by Crippen LogP contribution is -2.39. The standard InChI is InChI=1S/C19H23N3O2/c1-15(2)22(12-17-4-3-9-21-11-17)13-18(23)14-24-19-7-5-16(10-20)6-8-19/h3-9,11,15,18,23H,12-14H2,1-2H3. The van der Waals surface area contributed by atoms with Crippen molar-refractivity contribution in [3.8, 4) is 11.8 Å². The number of nitrogens with zero attached hydrogens (tertiary/aromatic N) is 3. The average molecular weight is 325 g/mol. The smallest absolute Gasteiger partial charge is 0.119 e. The van der Waals surface area contributed by atoms with Crippen LogP contribution in [-0.2, 0) is 6.54 Å². The second-order valence-electron chi connectivity index (χ2n) is 5.99. The van der Waals surface area contributed by atoms with Gasteiger partial charge in [-0.15, -0.1) is 0 Å². The molecule has 1 aromatic heterocycles. The Hall–Kier alpha value is -2.42. The summed E-state index contributed by atoms with van der Waals surface area (Å²) in [4.78, 5) is 6.31. The van der Waals surface area contributed by atoms with Gasteiger partial charge in [-0.1, -0.05) is 6.07 Å². The predicted octanol–water partition coefficient (Wildman–Crippen LogP) is 2.60. The van der Waals surface area contributed by atoms with Gasteiger partial charge >= 0.3 is 0 Å². The molecular formula is C19H23N3O2. The van der Waals surface area contributed by atoms with E-state index in [9.17, 15) is 5.11 Å². The van der Waals surface area contributed by atoms with E-state index in [1.165, 1.54) is 0 Å². The van der Waals surface area contributed by atoms with Gasteiger partial charge in [-0.3, -0.25) is 9.88 Å². The minimum atomic E-state index is -0.597. The molecule has 0 amide bonds. The zero-order valence-electron chi connectivity index (χ0n) is 14.1. The zero-order chi connectivity index (χ0) is 17.4. The van der Waals surface area contributed by atoms with Crippen LogP contribution in [0.1, 0.15) is 25.0 Å². The fourth-order valence-electron chi connectivity index (χ4n) is 2.33. The van der Waals surface area contributed by atoms with Crippen LogP contribution in [0.4, 0.5) is 0 Å². The van der Waals surface area contributed by atoms with Crippen molar-refractivity contribution in [3.05, 3.63) is 59.9 Å². The molecule has 0 fully saturated rings. The van der Waals surface area contributed by atoms with Gasteiger partial charge in [-0.2, -0.15) is 5.26 Å². The molecule has 0 spiro atoms. The number of hydrogen-bond donors (Lipinski definition) is 1. The van der Waals surface area contributed by atoms with Crippen LogP contribution >= 0.6 is 0 Å². The highest BCUT2D eigenvalue weighted by atomic mass is 16.5. The number of hydrogen-bond acceptors (Lipinski definition) is 5. The van der Waals surface area contributed by atoms with E-state index in [2.05, 4.69) is 29.8 Å². The molecule has 0 aliphatic rings. The molecule has 2 aromatic rings. The van der Waals surface area contributed by atoms with E-state index in [-0.39, 0.29) is 6.61 Å². The van der Waals surface area contributed by atoms with Crippen molar-refractivity contribution >= 4 is 0 Å². The first-order valence-corrected chi connectivity index (χ1v) is 8.02. The van der Waals surface area contributed by atoms with Crippen molar-refractivity contribution in [2.75, 3.05) is 13.2 Å². The summed E-state index contributed by atoms with van der Waals surface area (Å²) in [5.41, 5.74) is 1.71. The third-order valence-electron chi connectivity index (χ3n) is 3.71. The van der Waals surface area contributed by atoms with Gasteiger partial charge in [0.25, 0.3) is 0 Å². The maximum atomic E-state index is 10.3. The first-order chi connectivity index (χ1) is 11.6. The fraction of sp³-hybridized carbons (Fsp3) is 0.368. The molecule has 126 valence electrons. The molecule has 5 nitrogen and oxygen atoms in total. The van der Waals surface area contributed by atoms with Crippen molar-refractivity contribution in [2.45, 2.75) is 32.5 Å². The molecule has 1 atom stereocenters. The molecule has 0 saturated heterocycles. The summed E-state index contributed by atoms with van der Waals surface area (Å²) in [6, 6.07) is 13.2. The van der Waals surface area contributed by atoms with E-state index in [1.807, 2.05) is 18.3 Å². The Morgan fingerprint density at radius 2 is 2.00 bits per heavy atom. The van der Waals surface area contributed by atoms with Crippen LogP contribution in [0, 0.1) is 11.3 Å². The van der Waals surface area contributed by atoms with Gasteiger partial charge in [0.2, 0.25) is 0 Å². The highest BCUT2D eigenvalue weighted by molar-refractivity contribution is 5.34. The monoisotopic (exact) mass is 325 g/mol. The van der Waals surface area contributed by atoms with Gasteiger partial charge in [0, 0.05) is 31.5 Å². The van der Waals surface area contributed by atoms with Crippen LogP contribution in [0.15, 0.2) is 48.8 Å². The van der Waals surface area contributed by atoms with Crippen molar-refractivity contribution in [3.63, 3.8) is 0 Å². The lowest BCUT2D eigenvalue weighted by atomic mass is 10.2. The van der Waals surface area contributed by atoms with E-state index in [1.54, 1.807) is 30.5 Å². The molecule has 5 heteroatoms. The Labute approximate surface area is 143 Å². The number of ether oxygens (including phenoxy) is 1. The molecule has 2 rings (SSSR count). The number of aliphatic hydroxyl groups excluding tert-OH is 1. The quantitative estimate of drug-likeness (QED) is 0.808. The Bertz CT molecular complexity index is 651. The van der Waals surface area contributed by atoms with Crippen molar-refractivity contribution in [1.82, 2.24) is 9.88 Å². The number of aliphatic hydroxyl groups is 1. The molecule has 24 heavy (non-hydrogen) atoms. The molecule has 1 heterocycles. The third kappa shape index (κ3) is 5.65. The Kier molecular flexibility index (Phi) is 6.74. The highest BCUT2D eigenvalue weighted by Crippen LogP contribution is 2.13. The number of benzene rings is 1. The van der Waals surface area contributed by atoms with Crippen molar-refractivity contribution in [1.29, 1.82) is 5.26 Å². The van der Waals surface area contributed by atoms with Gasteiger partial charge in [0.1, 0.15) is 18.5 Å². The molecule has 1 unspecified atom stereocenters. The molecule has 0 radical (unpaired) electrons. The van der Waals surface area contributed by atoms with E-state index in [0.29, 0.717) is 23.9 Å². The summed E-state index contributed by atoms with van der Waals surface area (Å²) in [5.74, 6) is 0.649. The Morgan fingerprint density at radius 1 is 1.25 bits per heavy atom. The molecule has 0 saturated carbocycles. The fourth-order valence-corrected chi connectivity index (χ4v) is 2.33. The number of pyridine rings is 1. The summed E-state index contributed by atoms with van der Waals surface area (Å²) in [6.45, 7) is 5.67. The SMILES string of the molecule is CC(C)N(Cc1cccnc1)CC(O)COc1ccc(C#N)cc1. The maximum absolute atomic E-state index is 10.3. The normalized spacial score (nSPS) is 12.2. The van der Waals surface area contributed by atoms with Gasteiger partial charge in [0.15, 0.2) is 0 Å². The van der Waals surface area contributed by atoms with Crippen LogP contribution in [0.2, 0.25) is 0 Å². The lowest BCUT2D eigenvalue weighted by molar-refractivity contribution is 0.0543. The zero-order valence-corrected chi connectivity index (χ0v) is 14.1. The topological polar surface area (TPSA) is 69.4 Å². The highest BCUT2D eigenvalue weighted by Gasteiger charge is 2.16. The molecule has 0 aliphatic heterocycles. The van der Waals surface area contributed by atoms with Crippen LogP contribution in [0.3, 0.4) is 0 Å². The second kappa shape index (κ2) is 9.02. The minimum absolute atomic E-state index is 0.210.